The second-order valence-corrected chi connectivity index (χ2v) is 10.2. The molecule has 3 aromatic rings. The van der Waals surface area contributed by atoms with Crippen LogP contribution in [0.25, 0.3) is 0 Å². The average molecular weight is 524 g/mol. The predicted octanol–water partition coefficient (Wildman–Crippen LogP) is 5.66. The molecule has 1 aliphatic heterocycles. The van der Waals surface area contributed by atoms with Gasteiger partial charge in [-0.1, -0.05) is 49.6 Å². The van der Waals surface area contributed by atoms with Crippen LogP contribution in [0.15, 0.2) is 71.9 Å². The lowest BCUT2D eigenvalue weighted by molar-refractivity contribution is -0.120. The fourth-order valence-electron chi connectivity index (χ4n) is 5.46. The number of pyridine rings is 1. The van der Waals surface area contributed by atoms with Crippen LogP contribution in [0.3, 0.4) is 0 Å². The first kappa shape index (κ1) is 26.3. The molecule has 3 amide bonds. The van der Waals surface area contributed by atoms with Crippen LogP contribution in [0, 0.1) is 12.8 Å². The number of amides is 3. The van der Waals surface area contributed by atoms with Gasteiger partial charge in [0.25, 0.3) is 5.91 Å². The maximum absolute atomic E-state index is 14.1. The Bertz CT molecular complexity index is 1430. The number of benzene rings is 2. The maximum Gasteiger partial charge on any atom is 0.321 e. The number of urea groups is 1. The summed E-state index contributed by atoms with van der Waals surface area (Å²) in [6, 6.07) is 18.1. The molecule has 8 nitrogen and oxygen atoms in total. The monoisotopic (exact) mass is 523 g/mol. The molecule has 2 aliphatic rings. The summed E-state index contributed by atoms with van der Waals surface area (Å²) < 4.78 is 0. The zero-order valence-electron chi connectivity index (χ0n) is 22.3. The van der Waals surface area contributed by atoms with Crippen molar-refractivity contribution in [1.82, 2.24) is 10.3 Å². The zero-order chi connectivity index (χ0) is 27.4. The minimum absolute atomic E-state index is 0.0801. The number of carbonyl (C=O) groups excluding carboxylic acids is 3. The maximum atomic E-state index is 14.1. The molecule has 39 heavy (non-hydrogen) atoms. The smallest absolute Gasteiger partial charge is 0.308 e. The number of carbonyl (C=O) groups is 3. The third kappa shape index (κ3) is 5.90. The fourth-order valence-corrected chi connectivity index (χ4v) is 5.46. The first-order valence-electron chi connectivity index (χ1n) is 13.5. The number of benzodiazepines with no additional fused rings is 1. The van der Waals surface area contributed by atoms with Gasteiger partial charge in [-0.05, 0) is 62.6 Å². The number of nitrogens with zero attached hydrogens (tertiary/aromatic N) is 3. The molecule has 1 saturated carbocycles. The number of nitrogens with one attached hydrogen (secondary N) is 2. The molecule has 0 saturated heterocycles. The highest BCUT2D eigenvalue weighted by atomic mass is 16.2. The molecular weight excluding hydrogens is 490 g/mol. The van der Waals surface area contributed by atoms with Gasteiger partial charge in [0.15, 0.2) is 5.78 Å². The Balaban J connectivity index is 1.54. The van der Waals surface area contributed by atoms with Crippen LogP contribution < -0.4 is 15.5 Å². The number of aryl methyl sites for hydroxylation is 1. The molecular formula is C31H33N5O3. The first-order valence-corrected chi connectivity index (χ1v) is 13.5. The SMILES string of the molecule is CC(=O)c1cccnc1CN1C(=O)C(NC(=O)Nc2cccc(C)c2)N=C(C2CCCCC2)c2ccccc21. The Kier molecular flexibility index (Phi) is 7.81. The molecule has 2 N–H and O–H groups in total. The van der Waals surface area contributed by atoms with Gasteiger partial charge in [-0.15, -0.1) is 0 Å². The van der Waals surface area contributed by atoms with Crippen molar-refractivity contribution in [2.75, 3.05) is 10.2 Å². The second-order valence-electron chi connectivity index (χ2n) is 10.2. The van der Waals surface area contributed by atoms with E-state index in [1.54, 1.807) is 29.3 Å². The molecule has 8 heteroatoms. The van der Waals surface area contributed by atoms with E-state index in [9.17, 15) is 14.4 Å². The number of hydrogen-bond acceptors (Lipinski definition) is 5. The van der Waals surface area contributed by atoms with Crippen LogP contribution in [0.2, 0.25) is 0 Å². The number of fused-ring (bicyclic) bond motifs is 1. The summed E-state index contributed by atoms with van der Waals surface area (Å²) in [5, 5.41) is 5.65. The summed E-state index contributed by atoms with van der Waals surface area (Å²) in [5.74, 6) is -0.313. The standard InChI is InChI=1S/C31H33N5O3/c1-20-10-8-13-23(18-20)33-31(39)35-29-30(38)36(19-26-24(21(2)37)15-9-17-32-26)27-16-7-6-14-25(27)28(34-29)22-11-4-3-5-12-22/h6-10,13-18,22,29H,3-5,11-12,19H2,1-2H3,(H2,33,35,39). The Morgan fingerprint density at radius 3 is 2.56 bits per heavy atom. The highest BCUT2D eigenvalue weighted by Gasteiger charge is 2.35. The number of aliphatic imine (C=N–C) groups is 1. The molecule has 1 unspecified atom stereocenters. The van der Waals surface area contributed by atoms with E-state index in [-0.39, 0.29) is 24.2 Å². The van der Waals surface area contributed by atoms with Crippen LogP contribution in [-0.2, 0) is 11.3 Å². The Morgan fingerprint density at radius 1 is 1.00 bits per heavy atom. The number of para-hydroxylation sites is 1. The van der Waals surface area contributed by atoms with E-state index >= 15 is 0 Å². The second kappa shape index (κ2) is 11.6. The van der Waals surface area contributed by atoms with E-state index in [0.29, 0.717) is 22.6 Å². The minimum Gasteiger partial charge on any atom is -0.308 e. The summed E-state index contributed by atoms with van der Waals surface area (Å²) in [5.41, 5.74) is 5.02. The summed E-state index contributed by atoms with van der Waals surface area (Å²) in [4.78, 5) is 50.5. The number of anilines is 2. The Hall–Kier alpha value is -4.33. The summed E-state index contributed by atoms with van der Waals surface area (Å²) >= 11 is 0. The van der Waals surface area contributed by atoms with Gasteiger partial charge in [-0.25, -0.2) is 4.79 Å². The van der Waals surface area contributed by atoms with Crippen LogP contribution in [0.5, 0.6) is 0 Å². The van der Waals surface area contributed by atoms with Crippen molar-refractivity contribution < 1.29 is 14.4 Å². The van der Waals surface area contributed by atoms with Crippen molar-refractivity contribution in [3.8, 4) is 0 Å². The molecule has 1 atom stereocenters. The molecule has 1 fully saturated rings. The topological polar surface area (TPSA) is 104 Å². The number of ketones is 1. The normalized spacial score (nSPS) is 17.6. The third-order valence-electron chi connectivity index (χ3n) is 7.35. The van der Waals surface area contributed by atoms with Crippen molar-refractivity contribution in [1.29, 1.82) is 0 Å². The van der Waals surface area contributed by atoms with E-state index in [4.69, 9.17) is 4.99 Å². The molecule has 1 aromatic heterocycles. The molecule has 0 radical (unpaired) electrons. The van der Waals surface area contributed by atoms with E-state index in [2.05, 4.69) is 15.6 Å². The molecule has 5 rings (SSSR count). The molecule has 200 valence electrons. The van der Waals surface area contributed by atoms with Crippen LogP contribution >= 0.6 is 0 Å². The molecule has 2 aromatic carbocycles. The first-order chi connectivity index (χ1) is 18.9. The van der Waals surface area contributed by atoms with Crippen LogP contribution in [-0.4, -0.2) is 34.6 Å². The van der Waals surface area contributed by atoms with Crippen molar-refractivity contribution >= 4 is 34.8 Å². The average Bonchev–Trinajstić information content (AvgIpc) is 3.04. The number of aromatic nitrogens is 1. The Morgan fingerprint density at radius 2 is 1.79 bits per heavy atom. The lowest BCUT2D eigenvalue weighted by Crippen LogP contribution is -2.48. The molecule has 2 heterocycles. The molecule has 0 spiro atoms. The van der Waals surface area contributed by atoms with Gasteiger partial charge in [0.05, 0.1) is 23.6 Å². The van der Waals surface area contributed by atoms with Gasteiger partial charge in [0.2, 0.25) is 6.17 Å². The van der Waals surface area contributed by atoms with E-state index < -0.39 is 12.2 Å². The quantitative estimate of drug-likeness (QED) is 0.407. The van der Waals surface area contributed by atoms with Crippen molar-refractivity contribution in [2.24, 2.45) is 10.9 Å². The fraction of sp³-hybridized carbons (Fsp3) is 0.323. The summed E-state index contributed by atoms with van der Waals surface area (Å²) in [6.07, 6.45) is 5.84. The summed E-state index contributed by atoms with van der Waals surface area (Å²) in [6.45, 7) is 3.51. The van der Waals surface area contributed by atoms with E-state index in [1.165, 1.54) is 13.3 Å². The highest BCUT2D eigenvalue weighted by molar-refractivity contribution is 6.14. The Labute approximate surface area is 228 Å². The van der Waals surface area contributed by atoms with Gasteiger partial charge in [-0.3, -0.25) is 19.6 Å². The summed E-state index contributed by atoms with van der Waals surface area (Å²) in [7, 11) is 0. The van der Waals surface area contributed by atoms with Gasteiger partial charge >= 0.3 is 6.03 Å². The number of hydrogen-bond donors (Lipinski definition) is 2. The van der Waals surface area contributed by atoms with Gasteiger partial charge in [0, 0.05) is 28.9 Å². The van der Waals surface area contributed by atoms with Crippen molar-refractivity contribution in [2.45, 2.75) is 58.7 Å². The van der Waals surface area contributed by atoms with Crippen LogP contribution in [0.1, 0.15) is 66.2 Å². The third-order valence-corrected chi connectivity index (χ3v) is 7.35. The lowest BCUT2D eigenvalue weighted by Gasteiger charge is -2.26. The number of rotatable bonds is 6. The van der Waals surface area contributed by atoms with E-state index in [1.807, 2.05) is 49.4 Å². The van der Waals surface area contributed by atoms with Gasteiger partial charge < -0.3 is 15.5 Å². The predicted molar refractivity (Wildman–Crippen MR) is 152 cm³/mol. The van der Waals surface area contributed by atoms with Crippen molar-refractivity contribution in [3.05, 3.63) is 89.2 Å². The van der Waals surface area contributed by atoms with Crippen molar-refractivity contribution in [3.63, 3.8) is 0 Å². The highest BCUT2D eigenvalue weighted by Crippen LogP contribution is 2.34. The van der Waals surface area contributed by atoms with Gasteiger partial charge in [-0.2, -0.15) is 0 Å². The van der Waals surface area contributed by atoms with E-state index in [0.717, 1.165) is 42.5 Å². The number of Topliss-reactive ketones (excluding diaryl/α,β-unsaturated/α-hetero) is 1. The zero-order valence-corrected chi connectivity index (χ0v) is 22.3. The minimum atomic E-state index is -1.14. The largest absolute Gasteiger partial charge is 0.321 e. The molecule has 0 bridgehead atoms. The van der Waals surface area contributed by atoms with Crippen LogP contribution in [0.4, 0.5) is 16.2 Å². The molecule has 1 aliphatic carbocycles. The van der Waals surface area contributed by atoms with Gasteiger partial charge in [0.1, 0.15) is 0 Å². The lowest BCUT2D eigenvalue weighted by atomic mass is 9.82.